The number of hydrogen-bond donors (Lipinski definition) is 0. The van der Waals surface area contributed by atoms with Crippen molar-refractivity contribution in [1.29, 1.82) is 0 Å². The van der Waals surface area contributed by atoms with Gasteiger partial charge in [0.05, 0.1) is 5.70 Å². The van der Waals surface area contributed by atoms with E-state index in [9.17, 15) is 0 Å². The van der Waals surface area contributed by atoms with Gasteiger partial charge < -0.3 is 0 Å². The molecule has 0 atom stereocenters. The first kappa shape index (κ1) is 17.7. The molecule has 0 aromatic heterocycles. The van der Waals surface area contributed by atoms with Crippen molar-refractivity contribution >= 4 is 17.4 Å². The van der Waals surface area contributed by atoms with Crippen molar-refractivity contribution in [2.24, 2.45) is 4.99 Å². The van der Waals surface area contributed by atoms with E-state index in [1.807, 2.05) is 33.8 Å². The number of aryl methyl sites for hydroxylation is 1. The van der Waals surface area contributed by atoms with E-state index in [2.05, 4.69) is 61.2 Å². The van der Waals surface area contributed by atoms with Crippen LogP contribution >= 0.6 is 0 Å². The van der Waals surface area contributed by atoms with Crippen LogP contribution in [-0.4, -0.2) is 5.71 Å². The molecule has 0 unspecified atom stereocenters. The van der Waals surface area contributed by atoms with Crippen LogP contribution in [0.15, 0.2) is 65.5 Å². The van der Waals surface area contributed by atoms with Crippen LogP contribution in [0.25, 0.3) is 11.6 Å². The second-order valence-electron chi connectivity index (χ2n) is 5.54. The highest BCUT2D eigenvalue weighted by Crippen LogP contribution is 2.25. The lowest BCUT2D eigenvalue weighted by molar-refractivity contribution is 1.28. The van der Waals surface area contributed by atoms with Gasteiger partial charge in [-0.05, 0) is 80.7 Å². The quantitative estimate of drug-likeness (QED) is 0.351. The van der Waals surface area contributed by atoms with Gasteiger partial charge in [-0.1, -0.05) is 31.4 Å². The van der Waals surface area contributed by atoms with Gasteiger partial charge in [-0.2, -0.15) is 0 Å². The summed E-state index contributed by atoms with van der Waals surface area (Å²) in [6, 6.07) is 6.34. The normalized spacial score (nSPS) is 11.7. The molecule has 0 spiro atoms. The Bertz CT molecular complexity index is 701. The van der Waals surface area contributed by atoms with E-state index in [1.165, 1.54) is 11.1 Å². The minimum absolute atomic E-state index is 0.914. The summed E-state index contributed by atoms with van der Waals surface area (Å²) >= 11 is 0. The Morgan fingerprint density at radius 3 is 2.41 bits per heavy atom. The molecule has 0 saturated heterocycles. The Kier molecular flexibility index (Phi) is 6.56. The molecule has 0 bridgehead atoms. The number of allylic oxidation sites excluding steroid dienone is 4. The Labute approximate surface area is 134 Å². The molecule has 0 heterocycles. The lowest BCUT2D eigenvalue weighted by Gasteiger charge is -2.10. The van der Waals surface area contributed by atoms with Crippen molar-refractivity contribution in [3.63, 3.8) is 0 Å². The summed E-state index contributed by atoms with van der Waals surface area (Å²) in [7, 11) is 0. The number of benzene rings is 1. The highest BCUT2D eigenvalue weighted by atomic mass is 14.7. The molecule has 1 aromatic rings. The van der Waals surface area contributed by atoms with Gasteiger partial charge in [-0.25, -0.2) is 0 Å². The Hall–Kier alpha value is -2.37. The maximum Gasteiger partial charge on any atom is 0.0658 e. The lowest BCUT2D eigenvalue weighted by Crippen LogP contribution is -1.92. The second-order valence-corrected chi connectivity index (χ2v) is 5.54. The zero-order valence-electron chi connectivity index (χ0n) is 14.3. The first-order valence-electron chi connectivity index (χ1n) is 7.41. The molecule has 0 amide bonds. The standard InChI is InChI=1S/C21H25N/c1-8-10-18-12-11-17(7)20(13-18)19(9-2)14-21(15(3)4)22-16(5)6/h9-14H,1,3H2,2,4-7H3/b19-9+,21-14+. The SMILES string of the molecule is C=C=Cc1ccc(C)c(C(/C=C(/N=C(C)C)C(=C)C)=C/C)c1. The second kappa shape index (κ2) is 8.17. The molecular weight excluding hydrogens is 266 g/mol. The number of rotatable bonds is 5. The molecule has 0 aliphatic rings. The van der Waals surface area contributed by atoms with Crippen molar-refractivity contribution in [3.05, 3.63) is 77.2 Å². The third kappa shape index (κ3) is 4.87. The summed E-state index contributed by atoms with van der Waals surface area (Å²) in [5.41, 5.74) is 10.4. The fourth-order valence-corrected chi connectivity index (χ4v) is 2.11. The minimum Gasteiger partial charge on any atom is -0.258 e. The van der Waals surface area contributed by atoms with E-state index in [1.54, 1.807) is 0 Å². The summed E-state index contributed by atoms with van der Waals surface area (Å²) < 4.78 is 0. The highest BCUT2D eigenvalue weighted by Gasteiger charge is 2.06. The van der Waals surface area contributed by atoms with Crippen molar-refractivity contribution < 1.29 is 0 Å². The Balaban J connectivity index is 3.44. The smallest absolute Gasteiger partial charge is 0.0658 e. The van der Waals surface area contributed by atoms with Crippen LogP contribution < -0.4 is 0 Å². The predicted molar refractivity (Wildman–Crippen MR) is 100 cm³/mol. The van der Waals surface area contributed by atoms with Crippen molar-refractivity contribution in [2.75, 3.05) is 0 Å². The summed E-state index contributed by atoms with van der Waals surface area (Å²) in [6.07, 6.45) is 6.08. The van der Waals surface area contributed by atoms with Gasteiger partial charge in [0.15, 0.2) is 0 Å². The van der Waals surface area contributed by atoms with Crippen LogP contribution in [-0.2, 0) is 0 Å². The molecule has 1 aromatic carbocycles. The fraction of sp³-hybridized carbons (Fsp3) is 0.238. The third-order valence-corrected chi connectivity index (χ3v) is 3.23. The molecule has 1 heteroatoms. The van der Waals surface area contributed by atoms with Crippen LogP contribution in [0, 0.1) is 6.92 Å². The zero-order valence-corrected chi connectivity index (χ0v) is 14.3. The Morgan fingerprint density at radius 1 is 1.23 bits per heavy atom. The molecule has 22 heavy (non-hydrogen) atoms. The van der Waals surface area contributed by atoms with Crippen LogP contribution in [0.3, 0.4) is 0 Å². The van der Waals surface area contributed by atoms with E-state index in [4.69, 9.17) is 0 Å². The van der Waals surface area contributed by atoms with Crippen LogP contribution in [0.5, 0.6) is 0 Å². The van der Waals surface area contributed by atoms with Crippen molar-refractivity contribution in [1.82, 2.24) is 0 Å². The molecule has 0 radical (unpaired) electrons. The van der Waals surface area contributed by atoms with Gasteiger partial charge in [-0.15, -0.1) is 5.73 Å². The van der Waals surface area contributed by atoms with Crippen LogP contribution in [0.1, 0.15) is 44.4 Å². The average molecular weight is 291 g/mol. The molecule has 0 N–H and O–H groups in total. The molecular formula is C21H25N. The molecule has 1 rings (SSSR count). The van der Waals surface area contributed by atoms with Gasteiger partial charge in [-0.3, -0.25) is 4.99 Å². The summed E-state index contributed by atoms with van der Waals surface area (Å²) in [5, 5.41) is 0. The average Bonchev–Trinajstić information content (AvgIpc) is 2.45. The van der Waals surface area contributed by atoms with Gasteiger partial charge in [0.25, 0.3) is 0 Å². The Morgan fingerprint density at radius 2 is 1.91 bits per heavy atom. The first-order chi connectivity index (χ1) is 10.4. The molecule has 1 nitrogen and oxygen atoms in total. The lowest BCUT2D eigenvalue weighted by atomic mass is 9.96. The van der Waals surface area contributed by atoms with E-state index in [0.717, 1.165) is 28.1 Å². The number of aliphatic imine (C=N–C) groups is 1. The molecule has 0 aliphatic heterocycles. The van der Waals surface area contributed by atoms with Crippen LogP contribution in [0.2, 0.25) is 0 Å². The van der Waals surface area contributed by atoms with E-state index in [0.29, 0.717) is 0 Å². The molecule has 0 aliphatic carbocycles. The molecule has 0 saturated carbocycles. The van der Waals surface area contributed by atoms with Gasteiger partial charge >= 0.3 is 0 Å². The predicted octanol–water partition coefficient (Wildman–Crippen LogP) is 6.14. The maximum absolute atomic E-state index is 4.59. The van der Waals surface area contributed by atoms with E-state index >= 15 is 0 Å². The number of hydrogen-bond acceptors (Lipinski definition) is 1. The number of nitrogens with zero attached hydrogens (tertiary/aromatic N) is 1. The van der Waals surface area contributed by atoms with Crippen molar-refractivity contribution in [3.8, 4) is 0 Å². The van der Waals surface area contributed by atoms with Crippen molar-refractivity contribution in [2.45, 2.75) is 34.6 Å². The summed E-state index contributed by atoms with van der Waals surface area (Å²) in [4.78, 5) is 4.59. The van der Waals surface area contributed by atoms with E-state index < -0.39 is 0 Å². The van der Waals surface area contributed by atoms with Gasteiger partial charge in [0.2, 0.25) is 0 Å². The first-order valence-corrected chi connectivity index (χ1v) is 7.41. The topological polar surface area (TPSA) is 12.4 Å². The summed E-state index contributed by atoms with van der Waals surface area (Å²) in [5.74, 6) is 0. The van der Waals surface area contributed by atoms with Gasteiger partial charge in [0.1, 0.15) is 0 Å². The van der Waals surface area contributed by atoms with Crippen LogP contribution in [0.4, 0.5) is 0 Å². The third-order valence-electron chi connectivity index (χ3n) is 3.23. The highest BCUT2D eigenvalue weighted by molar-refractivity contribution is 5.83. The zero-order chi connectivity index (χ0) is 16.7. The molecule has 114 valence electrons. The van der Waals surface area contributed by atoms with Gasteiger partial charge in [0, 0.05) is 5.71 Å². The fourth-order valence-electron chi connectivity index (χ4n) is 2.11. The largest absolute Gasteiger partial charge is 0.258 e. The maximum atomic E-state index is 4.59. The summed E-state index contributed by atoms with van der Waals surface area (Å²) in [6.45, 7) is 17.8. The monoisotopic (exact) mass is 291 g/mol. The minimum atomic E-state index is 0.914. The molecule has 0 fully saturated rings. The van der Waals surface area contributed by atoms with E-state index in [-0.39, 0.29) is 0 Å².